The van der Waals surface area contributed by atoms with Crippen LogP contribution in [0.5, 0.6) is 5.75 Å². The first-order chi connectivity index (χ1) is 13.9. The summed E-state index contributed by atoms with van der Waals surface area (Å²) in [5.74, 6) is 0.192. The number of halogens is 2. The van der Waals surface area contributed by atoms with Crippen molar-refractivity contribution >= 4 is 46.0 Å². The van der Waals surface area contributed by atoms with E-state index in [1.54, 1.807) is 19.1 Å². The number of nitrogens with one attached hydrogen (secondary N) is 1. The Hall–Kier alpha value is -1.80. The highest BCUT2D eigenvalue weighted by Gasteiger charge is 2.26. The third-order valence-corrected chi connectivity index (χ3v) is 5.41. The minimum absolute atomic E-state index is 0.138. The van der Waals surface area contributed by atoms with Gasteiger partial charge in [0.25, 0.3) is 5.91 Å². The van der Waals surface area contributed by atoms with Crippen molar-refractivity contribution in [2.45, 2.75) is 39.3 Å². The van der Waals surface area contributed by atoms with Crippen molar-refractivity contribution in [3.8, 4) is 5.75 Å². The molecule has 2 aromatic rings. The molecule has 7 heteroatoms. The first-order valence-corrected chi connectivity index (χ1v) is 11.1. The van der Waals surface area contributed by atoms with Crippen LogP contribution in [0.4, 0.5) is 0 Å². The van der Waals surface area contributed by atoms with E-state index in [2.05, 4.69) is 34.8 Å². The number of amides is 2. The average molecular weight is 529 g/mol. The fourth-order valence-electron chi connectivity index (χ4n) is 2.66. The molecule has 2 rings (SSSR count). The van der Waals surface area contributed by atoms with Gasteiger partial charge in [-0.2, -0.15) is 0 Å². The smallest absolute Gasteiger partial charge is 0.261 e. The molecule has 0 radical (unpaired) electrons. The second kappa shape index (κ2) is 12.0. The summed E-state index contributed by atoms with van der Waals surface area (Å²) >= 11 is 8.17. The van der Waals surface area contributed by atoms with Crippen LogP contribution in [0.15, 0.2) is 48.5 Å². The zero-order valence-electron chi connectivity index (χ0n) is 16.7. The van der Waals surface area contributed by atoms with Crippen molar-refractivity contribution in [1.82, 2.24) is 10.2 Å². The molecule has 0 unspecified atom stereocenters. The Kier molecular flexibility index (Phi) is 9.73. The Morgan fingerprint density at radius 2 is 1.79 bits per heavy atom. The van der Waals surface area contributed by atoms with Gasteiger partial charge >= 0.3 is 0 Å². The van der Waals surface area contributed by atoms with Crippen LogP contribution in [0.2, 0.25) is 5.02 Å². The lowest BCUT2D eigenvalue weighted by Crippen LogP contribution is -2.49. The Labute approximate surface area is 190 Å². The van der Waals surface area contributed by atoms with Crippen LogP contribution in [-0.2, 0) is 16.1 Å². The molecule has 2 aromatic carbocycles. The number of rotatable bonds is 10. The van der Waals surface area contributed by atoms with E-state index in [4.69, 9.17) is 16.3 Å². The van der Waals surface area contributed by atoms with Crippen LogP contribution in [-0.4, -0.2) is 35.9 Å². The van der Waals surface area contributed by atoms with Crippen molar-refractivity contribution in [2.24, 2.45) is 0 Å². The fourth-order valence-corrected chi connectivity index (χ4v) is 3.15. The molecule has 1 N–H and O–H groups in total. The van der Waals surface area contributed by atoms with E-state index in [9.17, 15) is 9.59 Å². The Bertz CT molecular complexity index is 797. The summed E-state index contributed by atoms with van der Waals surface area (Å²) in [5.41, 5.74) is 0.894. The Balaban J connectivity index is 2.08. The number of hydrogen-bond donors (Lipinski definition) is 1. The quantitative estimate of drug-likeness (QED) is 0.361. The van der Waals surface area contributed by atoms with Gasteiger partial charge in [-0.05, 0) is 77.9 Å². The first kappa shape index (κ1) is 23.5. The van der Waals surface area contributed by atoms with Gasteiger partial charge in [-0.15, -0.1) is 0 Å². The molecule has 0 fully saturated rings. The minimum Gasteiger partial charge on any atom is -0.484 e. The van der Waals surface area contributed by atoms with Crippen LogP contribution in [0, 0.1) is 3.57 Å². The summed E-state index contributed by atoms with van der Waals surface area (Å²) in [6.45, 7) is 4.56. The molecule has 0 spiro atoms. The molecule has 0 heterocycles. The van der Waals surface area contributed by atoms with Crippen molar-refractivity contribution in [3.05, 3.63) is 62.7 Å². The van der Waals surface area contributed by atoms with Crippen molar-refractivity contribution in [3.63, 3.8) is 0 Å². The molecule has 0 saturated carbocycles. The van der Waals surface area contributed by atoms with Gasteiger partial charge in [0.05, 0.1) is 0 Å². The van der Waals surface area contributed by atoms with Crippen LogP contribution in [0.25, 0.3) is 0 Å². The molecule has 29 heavy (non-hydrogen) atoms. The van der Waals surface area contributed by atoms with Crippen molar-refractivity contribution in [2.75, 3.05) is 13.2 Å². The predicted molar refractivity (Wildman–Crippen MR) is 124 cm³/mol. The SMILES string of the molecule is CCCCNC(=O)[C@H](C)N(Cc1ccc(Cl)cc1)C(=O)COc1ccc(I)cc1. The Morgan fingerprint density at radius 1 is 1.14 bits per heavy atom. The molecule has 0 aliphatic carbocycles. The number of carbonyl (C=O) groups excluding carboxylic acids is 2. The van der Waals surface area contributed by atoms with Gasteiger partial charge in [0.15, 0.2) is 6.61 Å². The Morgan fingerprint density at radius 3 is 2.41 bits per heavy atom. The highest BCUT2D eigenvalue weighted by Crippen LogP contribution is 2.16. The molecule has 1 atom stereocenters. The summed E-state index contributed by atoms with van der Waals surface area (Å²) in [6, 6.07) is 14.1. The topological polar surface area (TPSA) is 58.6 Å². The highest BCUT2D eigenvalue weighted by molar-refractivity contribution is 14.1. The average Bonchev–Trinajstić information content (AvgIpc) is 2.72. The first-order valence-electron chi connectivity index (χ1n) is 9.60. The predicted octanol–water partition coefficient (Wildman–Crippen LogP) is 4.66. The normalized spacial score (nSPS) is 11.6. The summed E-state index contributed by atoms with van der Waals surface area (Å²) in [4.78, 5) is 27.0. The van der Waals surface area contributed by atoms with E-state index >= 15 is 0 Å². The summed E-state index contributed by atoms with van der Waals surface area (Å²) in [5, 5.41) is 3.52. The van der Waals surface area contributed by atoms with Gasteiger partial charge in [-0.25, -0.2) is 0 Å². The van der Waals surface area contributed by atoms with Gasteiger partial charge in [0.2, 0.25) is 5.91 Å². The highest BCUT2D eigenvalue weighted by atomic mass is 127. The third-order valence-electron chi connectivity index (χ3n) is 4.44. The molecule has 0 aromatic heterocycles. The van der Waals surface area contributed by atoms with Crippen LogP contribution in [0.3, 0.4) is 0 Å². The summed E-state index contributed by atoms with van der Waals surface area (Å²) in [6.07, 6.45) is 1.89. The second-order valence-electron chi connectivity index (χ2n) is 6.71. The van der Waals surface area contributed by atoms with E-state index in [-0.39, 0.29) is 18.4 Å². The number of unbranched alkanes of at least 4 members (excludes halogenated alkanes) is 1. The van der Waals surface area contributed by atoms with Crippen LogP contribution >= 0.6 is 34.2 Å². The number of hydrogen-bond acceptors (Lipinski definition) is 3. The fraction of sp³-hybridized carbons (Fsp3) is 0.364. The molecule has 2 amide bonds. The number of benzene rings is 2. The maximum atomic E-state index is 12.9. The molecular weight excluding hydrogens is 503 g/mol. The number of nitrogens with zero attached hydrogens (tertiary/aromatic N) is 1. The van der Waals surface area contributed by atoms with Gasteiger partial charge in [-0.1, -0.05) is 37.1 Å². The van der Waals surface area contributed by atoms with E-state index in [1.165, 1.54) is 4.90 Å². The number of ether oxygens (including phenoxy) is 1. The molecule has 0 aliphatic rings. The lowest BCUT2D eigenvalue weighted by Gasteiger charge is -2.28. The molecule has 0 aliphatic heterocycles. The molecule has 5 nitrogen and oxygen atoms in total. The summed E-state index contributed by atoms with van der Waals surface area (Å²) < 4.78 is 6.73. The monoisotopic (exact) mass is 528 g/mol. The lowest BCUT2D eigenvalue weighted by atomic mass is 10.1. The third kappa shape index (κ3) is 7.85. The van der Waals surface area contributed by atoms with Gasteiger partial charge in [-0.3, -0.25) is 9.59 Å². The zero-order valence-corrected chi connectivity index (χ0v) is 19.6. The second-order valence-corrected chi connectivity index (χ2v) is 8.39. The molecule has 156 valence electrons. The standard InChI is InChI=1S/C22H26ClIN2O3/c1-3-4-13-25-22(28)16(2)26(14-17-5-7-18(23)8-6-17)21(27)15-29-20-11-9-19(24)10-12-20/h5-12,16H,3-4,13-15H2,1-2H3,(H,25,28)/t16-/m0/s1. The van der Waals surface area contributed by atoms with E-state index in [1.807, 2.05) is 36.4 Å². The lowest BCUT2D eigenvalue weighted by molar-refractivity contribution is -0.142. The maximum Gasteiger partial charge on any atom is 0.261 e. The summed E-state index contributed by atoms with van der Waals surface area (Å²) in [7, 11) is 0. The van der Waals surface area contributed by atoms with Crippen molar-refractivity contribution < 1.29 is 14.3 Å². The molecule has 0 bridgehead atoms. The van der Waals surface area contributed by atoms with E-state index in [0.717, 1.165) is 22.0 Å². The van der Waals surface area contributed by atoms with Crippen molar-refractivity contribution in [1.29, 1.82) is 0 Å². The van der Waals surface area contributed by atoms with E-state index < -0.39 is 6.04 Å². The van der Waals surface area contributed by atoms with Crippen LogP contribution in [0.1, 0.15) is 32.3 Å². The minimum atomic E-state index is -0.615. The van der Waals surface area contributed by atoms with Crippen LogP contribution < -0.4 is 10.1 Å². The van der Waals surface area contributed by atoms with Gasteiger partial charge < -0.3 is 15.0 Å². The number of carbonyl (C=O) groups is 2. The van der Waals surface area contributed by atoms with E-state index in [0.29, 0.717) is 23.9 Å². The zero-order chi connectivity index (χ0) is 21.2. The molecule has 0 saturated heterocycles. The van der Waals surface area contributed by atoms with Gasteiger partial charge in [0, 0.05) is 21.7 Å². The largest absolute Gasteiger partial charge is 0.484 e. The molecular formula is C22H26ClIN2O3. The van der Waals surface area contributed by atoms with Gasteiger partial charge in [0.1, 0.15) is 11.8 Å². The maximum absolute atomic E-state index is 12.9.